The second-order valence-corrected chi connectivity index (χ2v) is 4.88. The van der Waals surface area contributed by atoms with Crippen LogP contribution in [-0.2, 0) is 14.8 Å². The lowest BCUT2D eigenvalue weighted by Gasteiger charge is -2.10. The third-order valence-electron chi connectivity index (χ3n) is 1.73. The van der Waals surface area contributed by atoms with E-state index in [1.165, 1.54) is 0 Å². The Kier molecular flexibility index (Phi) is 3.43. The number of benzene rings is 1. The Morgan fingerprint density at radius 1 is 1.33 bits per heavy atom. The van der Waals surface area contributed by atoms with Crippen LogP contribution in [0, 0.1) is 0 Å². The third kappa shape index (κ3) is 3.69. The van der Waals surface area contributed by atoms with Gasteiger partial charge in [0.2, 0.25) is 10.0 Å². The zero-order valence-corrected chi connectivity index (χ0v) is 8.99. The number of nitrogens with two attached hydrogens (primary N) is 1. The number of amides is 1. The minimum absolute atomic E-state index is 0.568. The van der Waals surface area contributed by atoms with Crippen molar-refractivity contribution in [1.29, 1.82) is 0 Å². The SMILES string of the molecule is CS(=O)(=O)NC(=O)[C@@H](N)c1ccccc1. The van der Waals surface area contributed by atoms with Crippen LogP contribution < -0.4 is 10.5 Å². The maximum Gasteiger partial charge on any atom is 0.254 e. The Balaban J connectivity index is 2.78. The van der Waals surface area contributed by atoms with E-state index in [1.807, 2.05) is 4.72 Å². The summed E-state index contributed by atoms with van der Waals surface area (Å²) < 4.78 is 23.4. The normalized spacial score (nSPS) is 13.2. The van der Waals surface area contributed by atoms with Gasteiger partial charge in [0.25, 0.3) is 5.91 Å². The molecule has 0 heterocycles. The zero-order chi connectivity index (χ0) is 11.5. The Hall–Kier alpha value is -1.40. The highest BCUT2D eigenvalue weighted by Gasteiger charge is 2.18. The van der Waals surface area contributed by atoms with E-state index in [0.29, 0.717) is 5.56 Å². The van der Waals surface area contributed by atoms with Gasteiger partial charge in [-0.2, -0.15) is 0 Å². The van der Waals surface area contributed by atoms with Crippen molar-refractivity contribution in [3.63, 3.8) is 0 Å². The van der Waals surface area contributed by atoms with Gasteiger partial charge in [0.05, 0.1) is 6.26 Å². The van der Waals surface area contributed by atoms with E-state index in [1.54, 1.807) is 30.3 Å². The highest BCUT2D eigenvalue weighted by atomic mass is 32.2. The predicted molar refractivity (Wildman–Crippen MR) is 56.4 cm³/mol. The molecule has 0 aliphatic heterocycles. The molecule has 1 aromatic rings. The quantitative estimate of drug-likeness (QED) is 0.747. The van der Waals surface area contributed by atoms with Crippen LogP contribution in [0.3, 0.4) is 0 Å². The first-order valence-corrected chi connectivity index (χ1v) is 6.11. The number of carbonyl (C=O) groups excluding carboxylic acids is 1. The lowest BCUT2D eigenvalue weighted by atomic mass is 10.1. The molecular weight excluding hydrogens is 216 g/mol. The number of hydrogen-bond donors (Lipinski definition) is 2. The molecule has 0 saturated heterocycles. The van der Waals surface area contributed by atoms with E-state index in [0.717, 1.165) is 6.26 Å². The van der Waals surface area contributed by atoms with E-state index in [-0.39, 0.29) is 0 Å². The Morgan fingerprint density at radius 2 is 1.87 bits per heavy atom. The lowest BCUT2D eigenvalue weighted by molar-refractivity contribution is -0.120. The van der Waals surface area contributed by atoms with Crippen molar-refractivity contribution < 1.29 is 13.2 Å². The van der Waals surface area contributed by atoms with Crippen molar-refractivity contribution in [2.75, 3.05) is 6.26 Å². The first-order valence-electron chi connectivity index (χ1n) is 4.22. The van der Waals surface area contributed by atoms with Crippen LogP contribution in [0.2, 0.25) is 0 Å². The van der Waals surface area contributed by atoms with Crippen molar-refractivity contribution in [1.82, 2.24) is 4.72 Å². The highest BCUT2D eigenvalue weighted by Crippen LogP contribution is 2.09. The van der Waals surface area contributed by atoms with E-state index in [9.17, 15) is 13.2 Å². The maximum absolute atomic E-state index is 11.3. The first-order chi connectivity index (χ1) is 6.90. The third-order valence-corrected chi connectivity index (χ3v) is 2.30. The molecular formula is C9H12N2O3S. The monoisotopic (exact) mass is 228 g/mol. The number of sulfonamides is 1. The molecule has 0 aromatic heterocycles. The first kappa shape index (κ1) is 11.7. The summed E-state index contributed by atoms with van der Waals surface area (Å²) in [5.74, 6) is -0.733. The van der Waals surface area contributed by atoms with Crippen molar-refractivity contribution in [2.24, 2.45) is 5.73 Å². The summed E-state index contributed by atoms with van der Waals surface area (Å²) in [6.07, 6.45) is 0.905. The summed E-state index contributed by atoms with van der Waals surface area (Å²) in [5.41, 5.74) is 6.14. The largest absolute Gasteiger partial charge is 0.316 e. The summed E-state index contributed by atoms with van der Waals surface area (Å²) >= 11 is 0. The van der Waals surface area contributed by atoms with Gasteiger partial charge in [0, 0.05) is 0 Å². The standard InChI is InChI=1S/C9H12N2O3S/c1-15(13,14)11-9(12)8(10)7-5-3-2-4-6-7/h2-6,8H,10H2,1H3,(H,11,12)/t8-/m0/s1. The van der Waals surface area contributed by atoms with Crippen LogP contribution in [0.5, 0.6) is 0 Å². The molecule has 5 nitrogen and oxygen atoms in total. The smallest absolute Gasteiger partial charge is 0.254 e. The van der Waals surface area contributed by atoms with Crippen molar-refractivity contribution in [3.8, 4) is 0 Å². The molecule has 1 rings (SSSR count). The minimum Gasteiger partial charge on any atom is -0.316 e. The zero-order valence-electron chi connectivity index (χ0n) is 8.17. The topological polar surface area (TPSA) is 89.3 Å². The lowest BCUT2D eigenvalue weighted by Crippen LogP contribution is -2.37. The second kappa shape index (κ2) is 4.41. The van der Waals surface area contributed by atoms with E-state index in [2.05, 4.69) is 0 Å². The number of carbonyl (C=O) groups is 1. The summed E-state index contributed by atoms with van der Waals surface area (Å²) in [4.78, 5) is 11.3. The number of nitrogens with one attached hydrogen (secondary N) is 1. The van der Waals surface area contributed by atoms with Gasteiger partial charge >= 0.3 is 0 Å². The number of rotatable bonds is 3. The van der Waals surface area contributed by atoms with Gasteiger partial charge in [0.1, 0.15) is 6.04 Å². The number of hydrogen-bond acceptors (Lipinski definition) is 4. The molecule has 1 atom stereocenters. The molecule has 3 N–H and O–H groups in total. The molecule has 0 fully saturated rings. The Labute approximate surface area is 88.3 Å². The predicted octanol–water partition coefficient (Wildman–Crippen LogP) is -0.238. The van der Waals surface area contributed by atoms with Gasteiger partial charge in [-0.3, -0.25) is 9.52 Å². The van der Waals surface area contributed by atoms with Gasteiger partial charge in [-0.25, -0.2) is 8.42 Å². The molecule has 0 bridgehead atoms. The summed E-state index contributed by atoms with van der Waals surface area (Å²) in [7, 11) is -3.56. The van der Waals surface area contributed by atoms with E-state index < -0.39 is 22.0 Å². The Bertz CT molecular complexity index is 442. The molecule has 15 heavy (non-hydrogen) atoms. The molecule has 0 radical (unpaired) electrons. The molecule has 0 aliphatic rings. The van der Waals surface area contributed by atoms with Crippen LogP contribution in [0.25, 0.3) is 0 Å². The van der Waals surface area contributed by atoms with Crippen LogP contribution in [-0.4, -0.2) is 20.6 Å². The van der Waals surface area contributed by atoms with Gasteiger partial charge < -0.3 is 5.73 Å². The van der Waals surface area contributed by atoms with Gasteiger partial charge in [-0.1, -0.05) is 30.3 Å². The molecule has 0 unspecified atom stereocenters. The summed E-state index contributed by atoms with van der Waals surface area (Å²) in [6.45, 7) is 0. The maximum atomic E-state index is 11.3. The fourth-order valence-corrected chi connectivity index (χ4v) is 1.55. The minimum atomic E-state index is -3.56. The van der Waals surface area contributed by atoms with Crippen molar-refractivity contribution in [3.05, 3.63) is 35.9 Å². The molecule has 0 saturated carbocycles. The van der Waals surface area contributed by atoms with Crippen molar-refractivity contribution >= 4 is 15.9 Å². The fourth-order valence-electron chi connectivity index (χ4n) is 1.06. The van der Waals surface area contributed by atoms with Crippen LogP contribution in [0.15, 0.2) is 30.3 Å². The fraction of sp³-hybridized carbons (Fsp3) is 0.222. The summed E-state index contributed by atoms with van der Waals surface area (Å²) in [5, 5.41) is 0. The molecule has 1 amide bonds. The van der Waals surface area contributed by atoms with Crippen LogP contribution >= 0.6 is 0 Å². The van der Waals surface area contributed by atoms with Crippen molar-refractivity contribution in [2.45, 2.75) is 6.04 Å². The van der Waals surface area contributed by atoms with Gasteiger partial charge in [-0.15, -0.1) is 0 Å². The van der Waals surface area contributed by atoms with Gasteiger partial charge in [-0.05, 0) is 5.56 Å². The average molecular weight is 228 g/mol. The highest BCUT2D eigenvalue weighted by molar-refractivity contribution is 7.89. The average Bonchev–Trinajstić information content (AvgIpc) is 2.15. The van der Waals surface area contributed by atoms with Gasteiger partial charge in [0.15, 0.2) is 0 Å². The van der Waals surface area contributed by atoms with Crippen LogP contribution in [0.1, 0.15) is 11.6 Å². The molecule has 0 spiro atoms. The molecule has 1 aromatic carbocycles. The van der Waals surface area contributed by atoms with E-state index in [4.69, 9.17) is 5.73 Å². The second-order valence-electron chi connectivity index (χ2n) is 3.13. The summed E-state index contributed by atoms with van der Waals surface area (Å²) in [6, 6.07) is 7.58. The Morgan fingerprint density at radius 3 is 2.33 bits per heavy atom. The van der Waals surface area contributed by atoms with Crippen LogP contribution in [0.4, 0.5) is 0 Å². The molecule has 82 valence electrons. The molecule has 6 heteroatoms. The van der Waals surface area contributed by atoms with E-state index >= 15 is 0 Å². The molecule has 0 aliphatic carbocycles.